The lowest BCUT2D eigenvalue weighted by Crippen LogP contribution is -2.48. The van der Waals surface area contributed by atoms with Gasteiger partial charge in [0.2, 0.25) is 5.91 Å². The number of hydrogen-bond donors (Lipinski definition) is 4. The lowest BCUT2D eigenvalue weighted by Gasteiger charge is -2.10. The largest absolute Gasteiger partial charge is 0.507 e. The SMILES string of the molecule is O=C(C=Cc1cccs1)NC(=S)NNC(=O)c1ccccc1O. The van der Waals surface area contributed by atoms with E-state index in [2.05, 4.69) is 16.2 Å². The molecule has 1 aromatic carbocycles. The van der Waals surface area contributed by atoms with Crippen LogP contribution in [0.5, 0.6) is 5.75 Å². The molecule has 0 spiro atoms. The van der Waals surface area contributed by atoms with E-state index in [0.29, 0.717) is 0 Å². The smallest absolute Gasteiger partial charge is 0.273 e. The van der Waals surface area contributed by atoms with E-state index in [9.17, 15) is 14.7 Å². The molecule has 0 aliphatic rings. The molecule has 0 aliphatic heterocycles. The maximum absolute atomic E-state index is 11.8. The van der Waals surface area contributed by atoms with Crippen LogP contribution in [0, 0.1) is 0 Å². The van der Waals surface area contributed by atoms with Gasteiger partial charge in [0.1, 0.15) is 5.75 Å². The number of hydrogen-bond acceptors (Lipinski definition) is 5. The van der Waals surface area contributed by atoms with Gasteiger partial charge in [0.05, 0.1) is 5.56 Å². The third kappa shape index (κ3) is 5.20. The summed E-state index contributed by atoms with van der Waals surface area (Å²) in [6.45, 7) is 0. The summed E-state index contributed by atoms with van der Waals surface area (Å²) in [5.41, 5.74) is 4.77. The molecule has 0 bridgehead atoms. The lowest BCUT2D eigenvalue weighted by molar-refractivity contribution is -0.115. The molecule has 2 amide bonds. The van der Waals surface area contributed by atoms with Gasteiger partial charge in [-0.2, -0.15) is 0 Å². The van der Waals surface area contributed by atoms with Gasteiger partial charge in [-0.15, -0.1) is 11.3 Å². The Morgan fingerprint density at radius 2 is 1.91 bits per heavy atom. The average Bonchev–Trinajstić information content (AvgIpc) is 3.04. The summed E-state index contributed by atoms with van der Waals surface area (Å²) in [5.74, 6) is -1.15. The number of phenolic OH excluding ortho intramolecular Hbond substituents is 1. The van der Waals surface area contributed by atoms with Crippen molar-refractivity contribution in [1.82, 2.24) is 16.2 Å². The first-order chi connectivity index (χ1) is 11.1. The number of thiocarbonyl (C=S) groups is 1. The van der Waals surface area contributed by atoms with Crippen molar-refractivity contribution < 1.29 is 14.7 Å². The zero-order chi connectivity index (χ0) is 16.7. The predicted molar refractivity (Wildman–Crippen MR) is 92.8 cm³/mol. The molecule has 6 nitrogen and oxygen atoms in total. The van der Waals surface area contributed by atoms with Crippen molar-refractivity contribution in [3.05, 3.63) is 58.3 Å². The number of benzene rings is 1. The van der Waals surface area contributed by atoms with Gasteiger partial charge in [-0.25, -0.2) is 0 Å². The van der Waals surface area contributed by atoms with Gasteiger partial charge in [-0.05, 0) is 41.9 Å². The van der Waals surface area contributed by atoms with E-state index in [0.717, 1.165) is 4.88 Å². The van der Waals surface area contributed by atoms with Crippen LogP contribution in [0.15, 0.2) is 47.9 Å². The van der Waals surface area contributed by atoms with Gasteiger partial charge in [-0.1, -0.05) is 18.2 Å². The van der Waals surface area contributed by atoms with E-state index in [1.165, 1.54) is 29.5 Å². The van der Waals surface area contributed by atoms with Crippen molar-refractivity contribution in [2.24, 2.45) is 0 Å². The number of aromatic hydroxyl groups is 1. The first-order valence-electron chi connectivity index (χ1n) is 6.47. The van der Waals surface area contributed by atoms with Crippen LogP contribution in [-0.2, 0) is 4.79 Å². The molecule has 0 unspecified atom stereocenters. The fourth-order valence-electron chi connectivity index (χ4n) is 1.58. The molecule has 118 valence electrons. The molecular formula is C15H13N3O3S2. The summed E-state index contributed by atoms with van der Waals surface area (Å²) >= 11 is 6.40. The molecule has 2 aromatic rings. The normalized spacial score (nSPS) is 10.3. The molecule has 0 saturated carbocycles. The Bertz CT molecular complexity index is 742. The van der Waals surface area contributed by atoms with Crippen molar-refractivity contribution in [1.29, 1.82) is 0 Å². The third-order valence-corrected chi connectivity index (χ3v) is 3.66. The molecule has 1 heterocycles. The standard InChI is InChI=1S/C15H13N3O3S2/c19-12-6-2-1-5-11(12)14(21)17-18-15(22)16-13(20)8-7-10-4-3-9-23-10/h1-9,19H,(H,17,21)(H2,16,18,20,22). The van der Waals surface area contributed by atoms with Crippen molar-refractivity contribution >= 4 is 46.6 Å². The summed E-state index contributed by atoms with van der Waals surface area (Å²) in [5, 5.41) is 13.8. The highest BCUT2D eigenvalue weighted by Gasteiger charge is 2.10. The number of phenols is 1. The zero-order valence-electron chi connectivity index (χ0n) is 11.8. The Morgan fingerprint density at radius 1 is 1.13 bits per heavy atom. The maximum atomic E-state index is 11.8. The van der Waals surface area contributed by atoms with Crippen molar-refractivity contribution in [2.45, 2.75) is 0 Å². The monoisotopic (exact) mass is 347 g/mol. The van der Waals surface area contributed by atoms with Gasteiger partial charge in [0, 0.05) is 11.0 Å². The minimum absolute atomic E-state index is 0.0606. The van der Waals surface area contributed by atoms with E-state index in [4.69, 9.17) is 12.2 Å². The number of carbonyl (C=O) groups is 2. The van der Waals surface area contributed by atoms with Crippen LogP contribution < -0.4 is 16.2 Å². The van der Waals surface area contributed by atoms with Crippen molar-refractivity contribution in [2.75, 3.05) is 0 Å². The zero-order valence-corrected chi connectivity index (χ0v) is 13.4. The van der Waals surface area contributed by atoms with Crippen LogP contribution in [0.2, 0.25) is 0 Å². The number of para-hydroxylation sites is 1. The van der Waals surface area contributed by atoms with Crippen molar-refractivity contribution in [3.8, 4) is 5.75 Å². The summed E-state index contributed by atoms with van der Waals surface area (Å²) in [7, 11) is 0. The molecule has 0 radical (unpaired) electrons. The van der Waals surface area contributed by atoms with Gasteiger partial charge < -0.3 is 5.11 Å². The molecule has 0 fully saturated rings. The number of thiophene rings is 1. The Kier molecular flexibility index (Phi) is 5.84. The van der Waals surface area contributed by atoms with Gasteiger partial charge in [-0.3, -0.25) is 25.8 Å². The molecule has 2 rings (SSSR count). The second-order valence-electron chi connectivity index (χ2n) is 4.26. The first kappa shape index (κ1) is 16.7. The summed E-state index contributed by atoms with van der Waals surface area (Å²) in [4.78, 5) is 24.4. The van der Waals surface area contributed by atoms with Crippen molar-refractivity contribution in [3.63, 3.8) is 0 Å². The first-order valence-corrected chi connectivity index (χ1v) is 7.76. The number of rotatable bonds is 3. The Balaban J connectivity index is 1.80. The fraction of sp³-hybridized carbons (Fsp3) is 0. The van der Waals surface area contributed by atoms with E-state index in [1.54, 1.807) is 18.2 Å². The minimum Gasteiger partial charge on any atom is -0.507 e. The topological polar surface area (TPSA) is 90.5 Å². The summed E-state index contributed by atoms with van der Waals surface area (Å²) in [6.07, 6.45) is 2.99. The van der Waals surface area contributed by atoms with Crippen LogP contribution >= 0.6 is 23.6 Å². The molecule has 1 aromatic heterocycles. The second kappa shape index (κ2) is 8.06. The maximum Gasteiger partial charge on any atom is 0.273 e. The molecule has 0 aliphatic carbocycles. The van der Waals surface area contributed by atoms with E-state index < -0.39 is 11.8 Å². The second-order valence-corrected chi connectivity index (χ2v) is 5.65. The van der Waals surface area contributed by atoms with Crippen LogP contribution in [0.3, 0.4) is 0 Å². The molecule has 8 heteroatoms. The number of nitrogens with one attached hydrogen (secondary N) is 3. The number of hydrazine groups is 1. The van der Waals surface area contributed by atoms with Gasteiger partial charge in [0.25, 0.3) is 5.91 Å². The average molecular weight is 347 g/mol. The predicted octanol–water partition coefficient (Wildman–Crippen LogP) is 1.80. The molecule has 0 saturated heterocycles. The van der Waals surface area contributed by atoms with Crippen LogP contribution in [0.4, 0.5) is 0 Å². The summed E-state index contributed by atoms with van der Waals surface area (Å²) < 4.78 is 0. The van der Waals surface area contributed by atoms with Crippen LogP contribution in [-0.4, -0.2) is 22.0 Å². The van der Waals surface area contributed by atoms with E-state index in [1.807, 2.05) is 17.5 Å². The Hall–Kier alpha value is -2.71. The fourth-order valence-corrected chi connectivity index (χ4v) is 2.34. The molecule has 0 atom stereocenters. The van der Waals surface area contributed by atoms with E-state index in [-0.39, 0.29) is 16.4 Å². The highest BCUT2D eigenvalue weighted by molar-refractivity contribution is 7.80. The Morgan fingerprint density at radius 3 is 2.61 bits per heavy atom. The summed E-state index contributed by atoms with van der Waals surface area (Å²) in [6, 6.07) is 9.82. The minimum atomic E-state index is -0.575. The quantitative estimate of drug-likeness (QED) is 0.386. The third-order valence-electron chi connectivity index (χ3n) is 2.62. The number of amides is 2. The molecular weight excluding hydrogens is 334 g/mol. The lowest BCUT2D eigenvalue weighted by atomic mass is 10.2. The number of carbonyl (C=O) groups excluding carboxylic acids is 2. The Labute approximate surface area is 141 Å². The van der Waals surface area contributed by atoms with Crippen LogP contribution in [0.1, 0.15) is 15.2 Å². The van der Waals surface area contributed by atoms with Crippen LogP contribution in [0.25, 0.3) is 6.08 Å². The highest BCUT2D eigenvalue weighted by atomic mass is 32.1. The van der Waals surface area contributed by atoms with Gasteiger partial charge in [0.15, 0.2) is 5.11 Å². The van der Waals surface area contributed by atoms with E-state index >= 15 is 0 Å². The molecule has 4 N–H and O–H groups in total. The molecule has 23 heavy (non-hydrogen) atoms. The van der Waals surface area contributed by atoms with Gasteiger partial charge >= 0.3 is 0 Å². The highest BCUT2D eigenvalue weighted by Crippen LogP contribution is 2.14.